The summed E-state index contributed by atoms with van der Waals surface area (Å²) in [5, 5.41) is 21.4. The minimum absolute atomic E-state index is 0.00903. The van der Waals surface area contributed by atoms with Gasteiger partial charge in [0.1, 0.15) is 17.3 Å². The number of amides is 1. The van der Waals surface area contributed by atoms with Crippen molar-refractivity contribution >= 4 is 17.4 Å². The topological polar surface area (TPSA) is 112 Å². The van der Waals surface area contributed by atoms with Crippen LogP contribution < -0.4 is 10.1 Å². The van der Waals surface area contributed by atoms with Gasteiger partial charge in [-0.1, -0.05) is 6.42 Å². The number of Topliss-reactive ketones (excluding diaryl/α,β-unsaturated/α-hetero) is 1. The maximum atomic E-state index is 13.4. The number of benzene rings is 1. The molecule has 2 fully saturated rings. The van der Waals surface area contributed by atoms with E-state index in [1.807, 2.05) is 6.92 Å². The van der Waals surface area contributed by atoms with Gasteiger partial charge in [-0.2, -0.15) is 0 Å². The van der Waals surface area contributed by atoms with Crippen LogP contribution in [0.1, 0.15) is 76.2 Å². The molecule has 40 heavy (non-hydrogen) atoms. The molecule has 0 unspecified atom stereocenters. The minimum atomic E-state index is -0.412. The molecule has 0 aromatic heterocycles. The quantitative estimate of drug-likeness (QED) is 0.346. The lowest BCUT2D eigenvalue weighted by atomic mass is 9.84. The predicted molar refractivity (Wildman–Crippen MR) is 151 cm³/mol. The molecule has 1 aromatic rings. The number of halogens is 1. The number of carbonyl (C=O) groups is 2. The predicted octanol–water partition coefficient (Wildman–Crippen LogP) is 4.47. The van der Waals surface area contributed by atoms with Gasteiger partial charge in [-0.15, -0.1) is 0 Å². The van der Waals surface area contributed by atoms with Crippen molar-refractivity contribution in [2.24, 2.45) is 5.92 Å². The Kier molecular flexibility index (Phi) is 11.1. The van der Waals surface area contributed by atoms with Crippen LogP contribution in [0.15, 0.2) is 29.5 Å². The highest BCUT2D eigenvalue weighted by Gasteiger charge is 2.29. The van der Waals surface area contributed by atoms with Crippen LogP contribution in [0.5, 0.6) is 5.75 Å². The number of aryl methyl sites for hydroxylation is 1. The Morgan fingerprint density at radius 3 is 2.70 bits per heavy atom. The first-order valence-corrected chi connectivity index (χ1v) is 14.8. The number of nitrogens with one attached hydrogen (secondary N) is 2. The monoisotopic (exact) mass is 557 g/mol. The molecule has 4 rings (SSSR count). The highest BCUT2D eigenvalue weighted by molar-refractivity contribution is 6.44. The molecule has 220 valence electrons. The lowest BCUT2D eigenvalue weighted by molar-refractivity contribution is -0.133. The van der Waals surface area contributed by atoms with E-state index in [0.717, 1.165) is 80.4 Å². The van der Waals surface area contributed by atoms with E-state index in [4.69, 9.17) is 14.9 Å². The first kappa shape index (κ1) is 30.2. The fraction of sp³-hybridized carbons (Fsp3) is 0.645. The van der Waals surface area contributed by atoms with E-state index in [2.05, 4.69) is 5.32 Å². The van der Waals surface area contributed by atoms with Gasteiger partial charge in [-0.25, -0.2) is 4.39 Å². The van der Waals surface area contributed by atoms with Crippen molar-refractivity contribution < 1.29 is 28.6 Å². The van der Waals surface area contributed by atoms with E-state index in [-0.39, 0.29) is 49.0 Å². The molecule has 1 aromatic carbocycles. The normalized spacial score (nSPS) is 23.9. The van der Waals surface area contributed by atoms with Gasteiger partial charge >= 0.3 is 0 Å². The molecule has 1 aliphatic heterocycles. The van der Waals surface area contributed by atoms with Crippen LogP contribution in [0.4, 0.5) is 4.39 Å². The van der Waals surface area contributed by atoms with Crippen molar-refractivity contribution in [1.29, 1.82) is 5.41 Å². The Balaban J connectivity index is 1.23. The number of aliphatic hydroxyl groups is 1. The maximum Gasteiger partial charge on any atom is 0.272 e. The Labute approximate surface area is 236 Å². The number of morpholine rings is 1. The van der Waals surface area contributed by atoms with E-state index in [0.29, 0.717) is 31.9 Å². The second-order valence-corrected chi connectivity index (χ2v) is 11.4. The fourth-order valence-electron chi connectivity index (χ4n) is 5.98. The van der Waals surface area contributed by atoms with Gasteiger partial charge in [0.05, 0.1) is 32.0 Å². The molecule has 9 heteroatoms. The summed E-state index contributed by atoms with van der Waals surface area (Å²) in [7, 11) is 0. The maximum absolute atomic E-state index is 13.4. The Bertz CT molecular complexity index is 1080. The van der Waals surface area contributed by atoms with Crippen molar-refractivity contribution in [3.05, 3.63) is 40.8 Å². The second-order valence-electron chi connectivity index (χ2n) is 11.4. The molecule has 2 aliphatic carbocycles. The van der Waals surface area contributed by atoms with E-state index >= 15 is 0 Å². The van der Waals surface area contributed by atoms with Gasteiger partial charge in [0.2, 0.25) is 0 Å². The second kappa shape index (κ2) is 14.7. The largest absolute Gasteiger partial charge is 0.490 e. The number of allylic oxidation sites excluding steroid dienone is 1. The number of ether oxygens (including phenoxy) is 2. The van der Waals surface area contributed by atoms with Gasteiger partial charge in [0, 0.05) is 30.8 Å². The van der Waals surface area contributed by atoms with Gasteiger partial charge < -0.3 is 24.8 Å². The van der Waals surface area contributed by atoms with Crippen LogP contribution in [0.2, 0.25) is 0 Å². The standard InChI is InChI=1S/C31H44FN3O5/c1-21-17-23(32)10-14-29(21)40-25-12-8-22(9-13-25)7-11-24(37)18-34-28-6-4-2-3-5-27(28)30(33)31(38)35-15-16-39-26(19-35)20-36/h10,14,17,22,25-26,33-34,36H,2-9,11-13,15-16,18-20H2,1H3/t22?,25?,26-/m0/s1. The first-order valence-electron chi connectivity index (χ1n) is 14.8. The van der Waals surface area contributed by atoms with Crippen LogP contribution in [-0.4, -0.2) is 72.5 Å². The third-order valence-electron chi connectivity index (χ3n) is 8.42. The molecule has 1 saturated heterocycles. The number of hydrogen-bond donors (Lipinski definition) is 3. The van der Waals surface area contributed by atoms with E-state index in [9.17, 15) is 19.1 Å². The fourth-order valence-corrected chi connectivity index (χ4v) is 5.98. The minimum Gasteiger partial charge on any atom is -0.490 e. The number of nitrogens with zero attached hydrogens (tertiary/aromatic N) is 1. The molecule has 1 saturated carbocycles. The van der Waals surface area contributed by atoms with Crippen molar-refractivity contribution in [3.63, 3.8) is 0 Å². The first-order chi connectivity index (χ1) is 19.3. The summed E-state index contributed by atoms with van der Waals surface area (Å²) in [6.07, 6.45) is 9.27. The number of rotatable bonds is 11. The summed E-state index contributed by atoms with van der Waals surface area (Å²) in [6, 6.07) is 4.62. The molecule has 1 atom stereocenters. The Morgan fingerprint density at radius 1 is 1.18 bits per heavy atom. The van der Waals surface area contributed by atoms with E-state index < -0.39 is 6.10 Å². The van der Waals surface area contributed by atoms with Crippen LogP contribution in [0.3, 0.4) is 0 Å². The lowest BCUT2D eigenvalue weighted by Gasteiger charge is -2.32. The average Bonchev–Trinajstić information content (AvgIpc) is 3.22. The van der Waals surface area contributed by atoms with Gasteiger partial charge in [-0.3, -0.25) is 15.0 Å². The van der Waals surface area contributed by atoms with Gasteiger partial charge in [0.15, 0.2) is 5.78 Å². The van der Waals surface area contributed by atoms with Crippen LogP contribution in [-0.2, 0) is 14.3 Å². The van der Waals surface area contributed by atoms with Crippen molar-refractivity contribution in [1.82, 2.24) is 10.2 Å². The number of hydrogen-bond acceptors (Lipinski definition) is 7. The lowest BCUT2D eigenvalue weighted by Crippen LogP contribution is -2.49. The van der Waals surface area contributed by atoms with Crippen molar-refractivity contribution in [2.45, 2.75) is 89.8 Å². The van der Waals surface area contributed by atoms with Crippen LogP contribution in [0, 0.1) is 24.1 Å². The molecule has 0 bridgehead atoms. The molecular weight excluding hydrogens is 513 g/mol. The van der Waals surface area contributed by atoms with Crippen LogP contribution in [0.25, 0.3) is 0 Å². The Morgan fingerprint density at radius 2 is 1.95 bits per heavy atom. The summed E-state index contributed by atoms with van der Waals surface area (Å²) in [5.41, 5.74) is 2.37. The summed E-state index contributed by atoms with van der Waals surface area (Å²) >= 11 is 0. The summed E-state index contributed by atoms with van der Waals surface area (Å²) in [5.74, 6) is 0.794. The molecule has 1 amide bonds. The SMILES string of the molecule is Cc1cc(F)ccc1OC1CCC(CCC(=O)CNC2=C(C(=N)C(=O)N3CCO[C@H](CO)C3)CCCCC2)CC1. The average molecular weight is 558 g/mol. The summed E-state index contributed by atoms with van der Waals surface area (Å²) in [6.45, 7) is 2.96. The molecule has 3 aliphatic rings. The van der Waals surface area contributed by atoms with Crippen molar-refractivity contribution in [3.8, 4) is 5.75 Å². The summed E-state index contributed by atoms with van der Waals surface area (Å²) < 4.78 is 24.9. The van der Waals surface area contributed by atoms with Crippen molar-refractivity contribution in [2.75, 3.05) is 32.8 Å². The zero-order valence-electron chi connectivity index (χ0n) is 23.7. The summed E-state index contributed by atoms with van der Waals surface area (Å²) in [4.78, 5) is 27.5. The zero-order chi connectivity index (χ0) is 28.5. The number of aliphatic hydroxyl groups excluding tert-OH is 1. The highest BCUT2D eigenvalue weighted by atomic mass is 19.1. The zero-order valence-corrected chi connectivity index (χ0v) is 23.7. The third kappa shape index (κ3) is 8.36. The molecular formula is C31H44FN3O5. The number of ketones is 1. The molecule has 0 spiro atoms. The molecule has 8 nitrogen and oxygen atoms in total. The molecule has 3 N–H and O–H groups in total. The molecule has 1 heterocycles. The molecule has 0 radical (unpaired) electrons. The third-order valence-corrected chi connectivity index (χ3v) is 8.42. The number of carbonyl (C=O) groups excluding carboxylic acids is 2. The van der Waals surface area contributed by atoms with Gasteiger partial charge in [0.25, 0.3) is 5.91 Å². The highest BCUT2D eigenvalue weighted by Crippen LogP contribution is 2.31. The van der Waals surface area contributed by atoms with Gasteiger partial charge in [-0.05, 0) is 94.4 Å². The Hall–Kier alpha value is -2.78. The van der Waals surface area contributed by atoms with E-state index in [1.165, 1.54) is 12.1 Å². The van der Waals surface area contributed by atoms with Crippen LogP contribution >= 0.6 is 0 Å². The van der Waals surface area contributed by atoms with E-state index in [1.54, 1.807) is 11.0 Å². The smallest absolute Gasteiger partial charge is 0.272 e.